The number of carbonyl (C=O) groups is 3. The van der Waals surface area contributed by atoms with Gasteiger partial charge in [-0.05, 0) is 43.0 Å². The number of nitrogens with zero attached hydrogens (tertiary/aromatic N) is 2. The highest BCUT2D eigenvalue weighted by molar-refractivity contribution is 6.05. The van der Waals surface area contributed by atoms with Crippen LogP contribution in [0.4, 0.5) is 0 Å². The molecule has 0 spiro atoms. The maximum Gasteiger partial charge on any atom is 0.270 e. The largest absolute Gasteiger partial charge is 0.484 e. The number of ether oxygens (including phenoxy) is 2. The van der Waals surface area contributed by atoms with Crippen LogP contribution in [-0.4, -0.2) is 79.2 Å². The molecular weight excluding hydrogens is 502 g/mol. The van der Waals surface area contributed by atoms with E-state index < -0.39 is 5.41 Å². The summed E-state index contributed by atoms with van der Waals surface area (Å²) in [6.45, 7) is 0.730. The lowest BCUT2D eigenvalue weighted by atomic mass is 9.76. The molecule has 0 fully saturated rings. The molecule has 4 N–H and O–H groups in total. The van der Waals surface area contributed by atoms with Gasteiger partial charge >= 0.3 is 0 Å². The summed E-state index contributed by atoms with van der Waals surface area (Å²) in [5, 5.41) is 23.2. The molecule has 2 aromatic carbocycles. The molecule has 0 radical (unpaired) electrons. The van der Waals surface area contributed by atoms with E-state index in [1.807, 2.05) is 30.3 Å². The van der Waals surface area contributed by atoms with Crippen molar-refractivity contribution in [2.75, 3.05) is 46.6 Å². The lowest BCUT2D eigenvalue weighted by Gasteiger charge is -2.33. The molecule has 3 amide bonds. The van der Waals surface area contributed by atoms with Gasteiger partial charge in [-0.2, -0.15) is 5.10 Å². The number of aliphatic hydroxyl groups excluding tert-OH is 1. The lowest BCUT2D eigenvalue weighted by molar-refractivity contribution is -0.131. The van der Waals surface area contributed by atoms with Gasteiger partial charge < -0.3 is 30.5 Å². The van der Waals surface area contributed by atoms with Crippen molar-refractivity contribution in [1.29, 1.82) is 0 Å². The van der Waals surface area contributed by atoms with Gasteiger partial charge in [0.2, 0.25) is 5.91 Å². The monoisotopic (exact) mass is 537 g/mol. The van der Waals surface area contributed by atoms with Gasteiger partial charge in [0.05, 0.1) is 24.1 Å². The molecule has 1 aromatic heterocycles. The van der Waals surface area contributed by atoms with Gasteiger partial charge in [0.1, 0.15) is 11.4 Å². The number of nitrogens with one attached hydrogen (secondary N) is 3. The maximum absolute atomic E-state index is 13.7. The highest BCUT2D eigenvalue weighted by atomic mass is 16.5. The van der Waals surface area contributed by atoms with E-state index in [4.69, 9.17) is 9.47 Å². The zero-order valence-electron chi connectivity index (χ0n) is 22.1. The number of benzene rings is 2. The van der Waals surface area contributed by atoms with Gasteiger partial charge in [0, 0.05) is 38.7 Å². The predicted octanol–water partition coefficient (Wildman–Crippen LogP) is 1.04. The summed E-state index contributed by atoms with van der Waals surface area (Å²) in [5.74, 6) is -0.447. The standard InChI is InChI=1S/C28H35N5O6/c1-38-15-5-10-28(27(37)30-12-14-34)17-20-6-4-7-21(16-20)39-18-24(35)29-11-13-33-25(26(36)31-19-28)22-8-2-3-9-23(22)32-33/h2-4,6-9,16,34H,5,10-15,17-19H2,1H3,(H,29,35)(H,30,37)(H,31,36). The van der Waals surface area contributed by atoms with Gasteiger partial charge in [0.15, 0.2) is 6.61 Å². The Labute approximate surface area is 226 Å². The summed E-state index contributed by atoms with van der Waals surface area (Å²) in [4.78, 5) is 39.8. The summed E-state index contributed by atoms with van der Waals surface area (Å²) in [6, 6.07) is 14.6. The van der Waals surface area contributed by atoms with Crippen molar-refractivity contribution in [3.63, 3.8) is 0 Å². The van der Waals surface area contributed by atoms with E-state index in [2.05, 4.69) is 21.0 Å². The van der Waals surface area contributed by atoms with Crippen molar-refractivity contribution in [3.05, 3.63) is 59.8 Å². The molecule has 3 aromatic rings. The fourth-order valence-electron chi connectivity index (χ4n) is 4.88. The van der Waals surface area contributed by atoms with E-state index in [1.165, 1.54) is 0 Å². The van der Waals surface area contributed by atoms with Gasteiger partial charge in [-0.3, -0.25) is 19.1 Å². The minimum Gasteiger partial charge on any atom is -0.484 e. The Morgan fingerprint density at radius 2 is 2.05 bits per heavy atom. The summed E-state index contributed by atoms with van der Waals surface area (Å²) < 4.78 is 12.6. The molecule has 1 aliphatic rings. The number of methoxy groups -OCH3 is 1. The Kier molecular flexibility index (Phi) is 9.50. The third-order valence-electron chi connectivity index (χ3n) is 6.79. The fourth-order valence-corrected chi connectivity index (χ4v) is 4.88. The molecule has 11 heteroatoms. The van der Waals surface area contributed by atoms with Crippen LogP contribution in [0.2, 0.25) is 0 Å². The third kappa shape index (κ3) is 6.92. The Hall–Kier alpha value is -3.96. The van der Waals surface area contributed by atoms with E-state index in [-0.39, 0.29) is 63.5 Å². The van der Waals surface area contributed by atoms with Crippen molar-refractivity contribution >= 4 is 28.6 Å². The highest BCUT2D eigenvalue weighted by Crippen LogP contribution is 2.31. The molecule has 1 aliphatic heterocycles. The van der Waals surface area contributed by atoms with Gasteiger partial charge in [-0.1, -0.05) is 30.3 Å². The first-order chi connectivity index (χ1) is 19.0. The van der Waals surface area contributed by atoms with E-state index in [0.29, 0.717) is 41.8 Å². The molecular formula is C28H35N5O6. The zero-order chi connectivity index (χ0) is 27.7. The summed E-state index contributed by atoms with van der Waals surface area (Å²) in [5.41, 5.74) is 0.767. The van der Waals surface area contributed by atoms with Crippen molar-refractivity contribution in [3.8, 4) is 5.75 Å². The van der Waals surface area contributed by atoms with E-state index in [0.717, 1.165) is 5.56 Å². The number of amides is 3. The van der Waals surface area contributed by atoms with Crippen LogP contribution < -0.4 is 20.7 Å². The van der Waals surface area contributed by atoms with E-state index in [1.54, 1.807) is 30.0 Å². The quantitative estimate of drug-likeness (QED) is 0.330. The van der Waals surface area contributed by atoms with Crippen LogP contribution in [0.15, 0.2) is 48.5 Å². The van der Waals surface area contributed by atoms with Crippen LogP contribution in [0.25, 0.3) is 10.9 Å². The first-order valence-electron chi connectivity index (χ1n) is 13.1. The number of rotatable bonds is 7. The van der Waals surface area contributed by atoms with Crippen molar-refractivity contribution in [2.45, 2.75) is 25.8 Å². The molecule has 0 saturated heterocycles. The molecule has 1 atom stereocenters. The first kappa shape index (κ1) is 28.1. The molecule has 2 heterocycles. The fraction of sp³-hybridized carbons (Fsp3) is 0.429. The second-order valence-electron chi connectivity index (χ2n) is 9.59. The Morgan fingerprint density at radius 3 is 2.87 bits per heavy atom. The number of aliphatic hydroxyl groups is 1. The number of hydrogen-bond acceptors (Lipinski definition) is 7. The summed E-state index contributed by atoms with van der Waals surface area (Å²) in [7, 11) is 1.60. The molecule has 4 rings (SSSR count). The lowest BCUT2D eigenvalue weighted by Crippen LogP contribution is -2.50. The van der Waals surface area contributed by atoms with Crippen molar-refractivity contribution in [2.24, 2.45) is 5.41 Å². The van der Waals surface area contributed by atoms with Gasteiger partial charge in [-0.25, -0.2) is 0 Å². The van der Waals surface area contributed by atoms with Crippen LogP contribution in [0.3, 0.4) is 0 Å². The number of aromatic nitrogens is 2. The number of fused-ring (bicyclic) bond motifs is 5. The zero-order valence-corrected chi connectivity index (χ0v) is 22.1. The summed E-state index contributed by atoms with van der Waals surface area (Å²) in [6.07, 6.45) is 1.29. The molecule has 39 heavy (non-hydrogen) atoms. The smallest absolute Gasteiger partial charge is 0.270 e. The van der Waals surface area contributed by atoms with Crippen molar-refractivity contribution in [1.82, 2.24) is 25.7 Å². The van der Waals surface area contributed by atoms with Crippen LogP contribution in [-0.2, 0) is 27.3 Å². The van der Waals surface area contributed by atoms with Crippen LogP contribution in [0, 0.1) is 5.41 Å². The molecule has 0 aliphatic carbocycles. The number of hydrogen-bond donors (Lipinski definition) is 4. The average Bonchev–Trinajstić information content (AvgIpc) is 3.31. The molecule has 0 saturated carbocycles. The molecule has 11 nitrogen and oxygen atoms in total. The Bertz CT molecular complexity index is 1310. The first-order valence-corrected chi connectivity index (χ1v) is 13.1. The highest BCUT2D eigenvalue weighted by Gasteiger charge is 2.39. The minimum absolute atomic E-state index is 0.0497. The minimum atomic E-state index is -1.04. The maximum atomic E-state index is 13.7. The van der Waals surface area contributed by atoms with Crippen molar-refractivity contribution < 1.29 is 29.0 Å². The second kappa shape index (κ2) is 13.2. The van der Waals surface area contributed by atoms with Crippen LogP contribution >= 0.6 is 0 Å². The Morgan fingerprint density at radius 1 is 1.21 bits per heavy atom. The normalized spacial score (nSPS) is 18.5. The SMILES string of the molecule is COCCCC1(C(=O)NCCO)CNC(=O)c2c3ccccc3nn2CCNC(=O)COc2cccc(c2)C1. The van der Waals surface area contributed by atoms with Gasteiger partial charge in [0.25, 0.3) is 11.8 Å². The topological polar surface area (TPSA) is 144 Å². The number of carbonyl (C=O) groups excluding carboxylic acids is 3. The van der Waals surface area contributed by atoms with Crippen LogP contribution in [0.1, 0.15) is 28.9 Å². The van der Waals surface area contributed by atoms with E-state index >= 15 is 0 Å². The van der Waals surface area contributed by atoms with Gasteiger partial charge in [-0.15, -0.1) is 0 Å². The Balaban J connectivity index is 1.75. The van der Waals surface area contributed by atoms with Crippen LogP contribution in [0.5, 0.6) is 5.75 Å². The molecule has 1 unspecified atom stereocenters. The average molecular weight is 538 g/mol. The van der Waals surface area contributed by atoms with E-state index in [9.17, 15) is 19.5 Å². The molecule has 208 valence electrons. The molecule has 2 bridgehead atoms. The summed E-state index contributed by atoms with van der Waals surface area (Å²) >= 11 is 0. The third-order valence-corrected chi connectivity index (χ3v) is 6.79. The predicted molar refractivity (Wildman–Crippen MR) is 144 cm³/mol. The second-order valence-corrected chi connectivity index (χ2v) is 9.59.